The number of hydrogen-bond acceptors (Lipinski definition) is 6. The van der Waals surface area contributed by atoms with Gasteiger partial charge in [0.15, 0.2) is 5.13 Å². The number of thiazole rings is 1. The van der Waals surface area contributed by atoms with Gasteiger partial charge in [0.25, 0.3) is 5.91 Å². The lowest BCUT2D eigenvalue weighted by Crippen LogP contribution is -2.35. The van der Waals surface area contributed by atoms with Gasteiger partial charge >= 0.3 is 5.97 Å². The summed E-state index contributed by atoms with van der Waals surface area (Å²) >= 11 is 2.60. The third-order valence-electron chi connectivity index (χ3n) is 4.19. The molecule has 1 aliphatic rings. The molecule has 2 aromatic rings. The van der Waals surface area contributed by atoms with Crippen LogP contribution in [0.1, 0.15) is 28.7 Å². The summed E-state index contributed by atoms with van der Waals surface area (Å²) in [6.07, 6.45) is 0.550. The second-order valence-corrected chi connectivity index (χ2v) is 7.99. The van der Waals surface area contributed by atoms with Crippen molar-refractivity contribution in [1.29, 1.82) is 0 Å². The maximum absolute atomic E-state index is 12.4. The van der Waals surface area contributed by atoms with Crippen molar-refractivity contribution in [3.63, 3.8) is 0 Å². The average molecular weight is 379 g/mol. The summed E-state index contributed by atoms with van der Waals surface area (Å²) in [5.74, 6) is -1.25. The van der Waals surface area contributed by atoms with Crippen molar-refractivity contribution in [3.8, 4) is 0 Å². The first-order valence-corrected chi connectivity index (χ1v) is 9.44. The lowest BCUT2D eigenvalue weighted by molar-refractivity contribution is -0.147. The lowest BCUT2D eigenvalue weighted by atomic mass is 9.90. The van der Waals surface area contributed by atoms with E-state index in [0.29, 0.717) is 28.7 Å². The van der Waals surface area contributed by atoms with Crippen molar-refractivity contribution in [2.24, 2.45) is 5.41 Å². The van der Waals surface area contributed by atoms with Crippen molar-refractivity contribution < 1.29 is 19.5 Å². The molecule has 132 valence electrons. The molecule has 2 amide bonds. The van der Waals surface area contributed by atoms with Crippen LogP contribution < -0.4 is 5.32 Å². The number of carbonyl (C=O) groups excluding carboxylic acids is 2. The highest BCUT2D eigenvalue weighted by Gasteiger charge is 2.42. The van der Waals surface area contributed by atoms with Gasteiger partial charge in [-0.3, -0.25) is 19.7 Å². The molecule has 0 bridgehead atoms. The summed E-state index contributed by atoms with van der Waals surface area (Å²) in [6, 6.07) is 3.53. The minimum absolute atomic E-state index is 0.0983. The van der Waals surface area contributed by atoms with Crippen LogP contribution in [0.2, 0.25) is 0 Å². The Labute approximate surface area is 152 Å². The Bertz CT molecular complexity index is 802. The first-order valence-electron chi connectivity index (χ1n) is 7.68. The second-order valence-electron chi connectivity index (χ2n) is 6.18. The molecule has 1 unspecified atom stereocenters. The first-order chi connectivity index (χ1) is 11.9. The van der Waals surface area contributed by atoms with E-state index >= 15 is 0 Å². The Kier molecular flexibility index (Phi) is 4.87. The number of rotatable bonds is 5. The van der Waals surface area contributed by atoms with E-state index in [-0.39, 0.29) is 24.8 Å². The van der Waals surface area contributed by atoms with Crippen LogP contribution in [0.5, 0.6) is 0 Å². The van der Waals surface area contributed by atoms with Gasteiger partial charge in [-0.1, -0.05) is 6.07 Å². The van der Waals surface area contributed by atoms with Crippen molar-refractivity contribution in [2.45, 2.75) is 19.8 Å². The molecule has 3 heterocycles. The first kappa shape index (κ1) is 17.6. The van der Waals surface area contributed by atoms with E-state index in [0.717, 1.165) is 0 Å². The predicted molar refractivity (Wildman–Crippen MR) is 95.0 cm³/mol. The van der Waals surface area contributed by atoms with Crippen LogP contribution in [0.25, 0.3) is 0 Å². The number of anilines is 1. The number of aromatic nitrogens is 1. The molecular weight excluding hydrogens is 362 g/mol. The minimum Gasteiger partial charge on any atom is -0.481 e. The smallest absolute Gasteiger partial charge is 0.311 e. The van der Waals surface area contributed by atoms with Gasteiger partial charge in [-0.25, -0.2) is 4.98 Å². The van der Waals surface area contributed by atoms with Gasteiger partial charge in [-0.2, -0.15) is 0 Å². The van der Waals surface area contributed by atoms with Gasteiger partial charge in [0.2, 0.25) is 5.91 Å². The van der Waals surface area contributed by atoms with Crippen LogP contribution in [-0.2, 0) is 16.0 Å². The average Bonchev–Trinajstić information content (AvgIpc) is 3.28. The fourth-order valence-electron chi connectivity index (χ4n) is 2.63. The molecule has 7 nitrogen and oxygen atoms in total. The molecule has 0 saturated carbocycles. The number of carbonyl (C=O) groups is 3. The topological polar surface area (TPSA) is 99.6 Å². The summed E-state index contributed by atoms with van der Waals surface area (Å²) < 4.78 is 0. The number of nitrogens with one attached hydrogen (secondary N) is 1. The van der Waals surface area contributed by atoms with Crippen molar-refractivity contribution in [2.75, 3.05) is 18.4 Å². The van der Waals surface area contributed by atoms with Gasteiger partial charge in [-0.05, 0) is 24.8 Å². The highest BCUT2D eigenvalue weighted by Crippen LogP contribution is 2.30. The van der Waals surface area contributed by atoms with E-state index in [1.807, 2.05) is 5.38 Å². The predicted octanol–water partition coefficient (Wildman–Crippen LogP) is 2.32. The third-order valence-corrected chi connectivity index (χ3v) is 5.87. The van der Waals surface area contributed by atoms with Gasteiger partial charge in [0.1, 0.15) is 0 Å². The van der Waals surface area contributed by atoms with Crippen LogP contribution in [0, 0.1) is 5.41 Å². The summed E-state index contributed by atoms with van der Waals surface area (Å²) in [7, 11) is 0. The number of carboxylic acid groups (broad SMARTS) is 1. The summed E-state index contributed by atoms with van der Waals surface area (Å²) in [6.45, 7) is 2.31. The van der Waals surface area contributed by atoms with Crippen molar-refractivity contribution in [1.82, 2.24) is 9.88 Å². The minimum atomic E-state index is -0.880. The fraction of sp³-hybridized carbons (Fsp3) is 0.375. The molecule has 1 atom stereocenters. The number of carboxylic acids is 1. The van der Waals surface area contributed by atoms with E-state index in [4.69, 9.17) is 0 Å². The molecule has 1 fully saturated rings. The zero-order valence-electron chi connectivity index (χ0n) is 13.5. The number of hydrogen-bond donors (Lipinski definition) is 2. The normalized spacial score (nSPS) is 19.8. The molecule has 0 spiro atoms. The van der Waals surface area contributed by atoms with Crippen LogP contribution in [0.4, 0.5) is 5.13 Å². The fourth-order valence-corrected chi connectivity index (χ4v) is 3.95. The largest absolute Gasteiger partial charge is 0.481 e. The zero-order valence-corrected chi connectivity index (χ0v) is 15.2. The maximum atomic E-state index is 12.4. The van der Waals surface area contributed by atoms with Crippen LogP contribution >= 0.6 is 22.7 Å². The maximum Gasteiger partial charge on any atom is 0.311 e. The summed E-state index contributed by atoms with van der Waals surface area (Å²) in [5.41, 5.74) is -0.308. The van der Waals surface area contributed by atoms with Crippen molar-refractivity contribution in [3.05, 3.63) is 33.5 Å². The molecule has 9 heteroatoms. The third kappa shape index (κ3) is 3.88. The van der Waals surface area contributed by atoms with E-state index in [1.54, 1.807) is 29.3 Å². The van der Waals surface area contributed by atoms with Gasteiger partial charge in [-0.15, -0.1) is 22.7 Å². The van der Waals surface area contributed by atoms with Gasteiger partial charge in [0, 0.05) is 18.5 Å². The van der Waals surface area contributed by atoms with Gasteiger partial charge in [0.05, 0.1) is 22.4 Å². The number of likely N-dealkylation sites (tertiary alicyclic amines) is 1. The molecule has 3 rings (SSSR count). The molecule has 2 aromatic heterocycles. The molecular formula is C16H17N3O4S2. The Morgan fingerprint density at radius 2 is 2.20 bits per heavy atom. The molecule has 0 aromatic carbocycles. The quantitative estimate of drug-likeness (QED) is 0.830. The zero-order chi connectivity index (χ0) is 18.0. The summed E-state index contributed by atoms with van der Waals surface area (Å²) in [4.78, 5) is 42.0. The molecule has 1 saturated heterocycles. The number of nitrogens with zero attached hydrogens (tertiary/aromatic N) is 2. The number of aliphatic carboxylic acids is 1. The molecule has 2 N–H and O–H groups in total. The van der Waals surface area contributed by atoms with Crippen LogP contribution in [0.3, 0.4) is 0 Å². The lowest BCUT2D eigenvalue weighted by Gasteiger charge is -2.19. The highest BCUT2D eigenvalue weighted by molar-refractivity contribution is 7.14. The van der Waals surface area contributed by atoms with E-state index in [2.05, 4.69) is 10.3 Å². The summed E-state index contributed by atoms with van der Waals surface area (Å²) in [5, 5.41) is 15.9. The standard InChI is InChI=1S/C16H17N3O4S2/c1-16(14(22)23)4-5-19(9-16)12(20)7-10-8-25-15(17-10)18-13(21)11-3-2-6-24-11/h2-3,6,8H,4-5,7,9H2,1H3,(H,22,23)(H,17,18,21). The Balaban J connectivity index is 1.57. The van der Waals surface area contributed by atoms with E-state index < -0.39 is 11.4 Å². The molecule has 0 aliphatic carbocycles. The second kappa shape index (κ2) is 6.93. The Hall–Kier alpha value is -2.26. The number of thiophene rings is 1. The molecule has 0 radical (unpaired) electrons. The van der Waals surface area contributed by atoms with E-state index in [1.165, 1.54) is 22.7 Å². The Morgan fingerprint density at radius 1 is 1.40 bits per heavy atom. The molecule has 25 heavy (non-hydrogen) atoms. The van der Waals surface area contributed by atoms with Crippen LogP contribution in [-0.4, -0.2) is 45.9 Å². The monoisotopic (exact) mass is 379 g/mol. The number of amides is 2. The Morgan fingerprint density at radius 3 is 2.84 bits per heavy atom. The van der Waals surface area contributed by atoms with Crippen molar-refractivity contribution >= 4 is 45.6 Å². The van der Waals surface area contributed by atoms with E-state index in [9.17, 15) is 19.5 Å². The van der Waals surface area contributed by atoms with Gasteiger partial charge < -0.3 is 10.0 Å². The van der Waals surface area contributed by atoms with Crippen LogP contribution in [0.15, 0.2) is 22.9 Å². The molecule has 1 aliphatic heterocycles. The SMILES string of the molecule is CC1(C(=O)O)CCN(C(=O)Cc2csc(NC(=O)c3cccs3)n2)C1. The highest BCUT2D eigenvalue weighted by atomic mass is 32.1.